The summed E-state index contributed by atoms with van der Waals surface area (Å²) < 4.78 is 5.42. The molecular formula is C19H19NO3S. The predicted octanol–water partition coefficient (Wildman–Crippen LogP) is 3.54. The van der Waals surface area contributed by atoms with Crippen molar-refractivity contribution in [2.24, 2.45) is 0 Å². The van der Waals surface area contributed by atoms with Crippen LogP contribution in [0, 0.1) is 0 Å². The van der Waals surface area contributed by atoms with Gasteiger partial charge in [-0.3, -0.25) is 4.79 Å². The molecule has 1 heterocycles. The molecule has 124 valence electrons. The molecule has 1 aliphatic rings. The van der Waals surface area contributed by atoms with Crippen LogP contribution in [-0.2, 0) is 16.0 Å². The molecule has 1 atom stereocenters. The minimum absolute atomic E-state index is 0.185. The second kappa shape index (κ2) is 7.09. The van der Waals surface area contributed by atoms with Crippen LogP contribution >= 0.6 is 11.8 Å². The highest BCUT2D eigenvalue weighted by Crippen LogP contribution is 2.28. The second-order valence-corrected chi connectivity index (χ2v) is 6.46. The van der Waals surface area contributed by atoms with Gasteiger partial charge in [0, 0.05) is 17.1 Å². The van der Waals surface area contributed by atoms with E-state index in [1.165, 1.54) is 11.8 Å². The van der Waals surface area contributed by atoms with E-state index in [9.17, 15) is 9.59 Å². The normalized spacial score (nSPS) is 14.2. The van der Waals surface area contributed by atoms with Gasteiger partial charge in [-0.05, 0) is 43.4 Å². The summed E-state index contributed by atoms with van der Waals surface area (Å²) in [5, 5.41) is 0. The third-order valence-electron chi connectivity index (χ3n) is 4.11. The molecule has 0 bridgehead atoms. The summed E-state index contributed by atoms with van der Waals surface area (Å²) in [5.74, 6) is -0.650. The van der Waals surface area contributed by atoms with Gasteiger partial charge >= 0.3 is 5.97 Å². The summed E-state index contributed by atoms with van der Waals surface area (Å²) in [6.45, 7) is 2.25. The number of fused-ring (bicyclic) bond motifs is 1. The molecular weight excluding hydrogens is 322 g/mol. The van der Waals surface area contributed by atoms with Crippen molar-refractivity contribution in [3.05, 3.63) is 59.7 Å². The Labute approximate surface area is 145 Å². The van der Waals surface area contributed by atoms with Crippen molar-refractivity contribution in [3.63, 3.8) is 0 Å². The quantitative estimate of drug-likeness (QED) is 0.630. The van der Waals surface area contributed by atoms with E-state index in [0.29, 0.717) is 12.1 Å². The fraction of sp³-hybridized carbons (Fsp3) is 0.263. The van der Waals surface area contributed by atoms with Gasteiger partial charge in [0.25, 0.3) is 5.91 Å². The largest absolute Gasteiger partial charge is 0.449 e. The molecule has 4 nitrogen and oxygen atoms in total. The molecule has 2 aromatic carbocycles. The summed E-state index contributed by atoms with van der Waals surface area (Å²) in [4.78, 5) is 27.6. The first kappa shape index (κ1) is 16.6. The van der Waals surface area contributed by atoms with Crippen molar-refractivity contribution in [1.29, 1.82) is 0 Å². The van der Waals surface area contributed by atoms with E-state index in [-0.39, 0.29) is 5.91 Å². The molecule has 0 fully saturated rings. The Morgan fingerprint density at radius 1 is 1.12 bits per heavy atom. The maximum absolute atomic E-state index is 12.7. The summed E-state index contributed by atoms with van der Waals surface area (Å²) in [5.41, 5.74) is 2.55. The van der Waals surface area contributed by atoms with Crippen LogP contribution in [0.1, 0.15) is 22.8 Å². The van der Waals surface area contributed by atoms with Gasteiger partial charge in [0.15, 0.2) is 6.10 Å². The van der Waals surface area contributed by atoms with Crippen LogP contribution in [0.3, 0.4) is 0 Å². The number of thioether (sulfide) groups is 1. The molecule has 0 spiro atoms. The van der Waals surface area contributed by atoms with Crippen LogP contribution < -0.4 is 4.90 Å². The Hall–Kier alpha value is -2.27. The van der Waals surface area contributed by atoms with Gasteiger partial charge in [0.05, 0.1) is 5.56 Å². The minimum Gasteiger partial charge on any atom is -0.449 e. The zero-order valence-electron chi connectivity index (χ0n) is 13.7. The lowest BCUT2D eigenvalue weighted by Gasteiger charge is -2.22. The molecule has 0 unspecified atom stereocenters. The van der Waals surface area contributed by atoms with Crippen LogP contribution in [0.4, 0.5) is 5.69 Å². The number of ether oxygens (including phenoxy) is 1. The monoisotopic (exact) mass is 341 g/mol. The molecule has 0 saturated carbocycles. The van der Waals surface area contributed by atoms with Gasteiger partial charge in [-0.1, -0.05) is 30.3 Å². The van der Waals surface area contributed by atoms with Crippen molar-refractivity contribution >= 4 is 29.3 Å². The molecule has 2 aromatic rings. The highest BCUT2D eigenvalue weighted by molar-refractivity contribution is 7.98. The first-order valence-electron chi connectivity index (χ1n) is 7.85. The number of anilines is 1. The van der Waals surface area contributed by atoms with E-state index in [4.69, 9.17) is 4.74 Å². The van der Waals surface area contributed by atoms with Crippen molar-refractivity contribution in [1.82, 2.24) is 0 Å². The fourth-order valence-corrected chi connectivity index (χ4v) is 3.46. The summed E-state index contributed by atoms with van der Waals surface area (Å²) in [6.07, 6.45) is 1.92. The van der Waals surface area contributed by atoms with Crippen molar-refractivity contribution in [2.75, 3.05) is 17.7 Å². The third-order valence-corrected chi connectivity index (χ3v) is 4.91. The predicted molar refractivity (Wildman–Crippen MR) is 95.6 cm³/mol. The molecule has 3 rings (SSSR count). The molecule has 5 heteroatoms. The number of nitrogens with zero attached hydrogens (tertiary/aromatic N) is 1. The summed E-state index contributed by atoms with van der Waals surface area (Å²) >= 11 is 1.48. The number of benzene rings is 2. The first-order valence-corrected chi connectivity index (χ1v) is 9.07. The lowest BCUT2D eigenvalue weighted by atomic mass is 10.2. The standard InChI is InChI=1S/C19H19NO3S/c1-13(23-19(22)15-8-4-6-10-17(15)24-2)18(21)20-12-11-14-7-3-5-9-16(14)20/h3-10,13H,11-12H2,1-2H3/t13-/m1/s1. The maximum atomic E-state index is 12.7. The molecule has 0 radical (unpaired) electrons. The summed E-state index contributed by atoms with van der Waals surface area (Å²) in [6, 6.07) is 15.1. The van der Waals surface area contributed by atoms with Gasteiger partial charge in [0.1, 0.15) is 0 Å². The van der Waals surface area contributed by atoms with E-state index in [2.05, 4.69) is 0 Å². The van der Waals surface area contributed by atoms with Crippen LogP contribution in [0.5, 0.6) is 0 Å². The summed E-state index contributed by atoms with van der Waals surface area (Å²) in [7, 11) is 0. The van der Waals surface area contributed by atoms with Crippen LogP contribution in [0.25, 0.3) is 0 Å². The van der Waals surface area contributed by atoms with Gasteiger partial charge in [-0.2, -0.15) is 0 Å². The number of carbonyl (C=O) groups is 2. The molecule has 0 aliphatic carbocycles. The Morgan fingerprint density at radius 3 is 2.62 bits per heavy atom. The first-order chi connectivity index (χ1) is 11.6. The molecule has 1 amide bonds. The van der Waals surface area contributed by atoms with Crippen molar-refractivity contribution in [2.45, 2.75) is 24.3 Å². The van der Waals surface area contributed by atoms with Crippen LogP contribution in [0.15, 0.2) is 53.4 Å². The highest BCUT2D eigenvalue weighted by atomic mass is 32.2. The average Bonchev–Trinajstić information content (AvgIpc) is 3.04. The Kier molecular flexibility index (Phi) is 4.90. The van der Waals surface area contributed by atoms with Crippen LogP contribution in [0.2, 0.25) is 0 Å². The van der Waals surface area contributed by atoms with Crippen molar-refractivity contribution < 1.29 is 14.3 Å². The Bertz CT molecular complexity index is 775. The zero-order chi connectivity index (χ0) is 17.1. The van der Waals surface area contributed by atoms with E-state index in [0.717, 1.165) is 22.6 Å². The average molecular weight is 341 g/mol. The lowest BCUT2D eigenvalue weighted by molar-refractivity contribution is -0.126. The Balaban J connectivity index is 1.72. The number of amides is 1. The topological polar surface area (TPSA) is 46.6 Å². The van der Waals surface area contributed by atoms with E-state index >= 15 is 0 Å². The second-order valence-electron chi connectivity index (χ2n) is 5.62. The molecule has 0 aromatic heterocycles. The highest BCUT2D eigenvalue weighted by Gasteiger charge is 2.30. The van der Waals surface area contributed by atoms with E-state index in [1.807, 2.05) is 42.7 Å². The number of para-hydroxylation sites is 1. The van der Waals surface area contributed by atoms with Crippen molar-refractivity contribution in [3.8, 4) is 0 Å². The number of hydrogen-bond donors (Lipinski definition) is 0. The Morgan fingerprint density at radius 2 is 1.83 bits per heavy atom. The molecule has 1 aliphatic heterocycles. The van der Waals surface area contributed by atoms with Crippen LogP contribution in [-0.4, -0.2) is 30.8 Å². The number of carbonyl (C=O) groups excluding carboxylic acids is 2. The third kappa shape index (κ3) is 3.17. The molecule has 24 heavy (non-hydrogen) atoms. The smallest absolute Gasteiger partial charge is 0.340 e. The maximum Gasteiger partial charge on any atom is 0.340 e. The van der Waals surface area contributed by atoms with Gasteiger partial charge < -0.3 is 9.64 Å². The zero-order valence-corrected chi connectivity index (χ0v) is 14.5. The molecule has 0 N–H and O–H groups in total. The minimum atomic E-state index is -0.821. The number of esters is 1. The lowest BCUT2D eigenvalue weighted by Crippen LogP contribution is -2.39. The van der Waals surface area contributed by atoms with Gasteiger partial charge in [-0.25, -0.2) is 4.79 Å². The van der Waals surface area contributed by atoms with E-state index in [1.54, 1.807) is 24.0 Å². The number of rotatable bonds is 4. The number of hydrogen-bond acceptors (Lipinski definition) is 4. The fourth-order valence-electron chi connectivity index (χ4n) is 2.87. The van der Waals surface area contributed by atoms with E-state index < -0.39 is 12.1 Å². The SMILES string of the molecule is CSc1ccccc1C(=O)O[C@H](C)C(=O)N1CCc2ccccc21. The van der Waals surface area contributed by atoms with Gasteiger partial charge in [0.2, 0.25) is 0 Å². The van der Waals surface area contributed by atoms with Gasteiger partial charge in [-0.15, -0.1) is 11.8 Å². The molecule has 0 saturated heterocycles.